The molecule has 0 radical (unpaired) electrons. The maximum absolute atomic E-state index is 14.9. The molecular formula is C34H48FN7O7. The Bertz CT molecular complexity index is 1750. The molecule has 1 aromatic carbocycles. The van der Waals surface area contributed by atoms with Crippen LogP contribution in [0.2, 0.25) is 0 Å². The topological polar surface area (TPSA) is 161 Å². The van der Waals surface area contributed by atoms with Crippen molar-refractivity contribution < 1.29 is 33.4 Å². The fourth-order valence-corrected chi connectivity index (χ4v) is 4.70. The molecule has 2 atom stereocenters. The van der Waals surface area contributed by atoms with Crippen LogP contribution in [0.15, 0.2) is 41.3 Å². The average molecular weight is 686 g/mol. The highest BCUT2D eigenvalue weighted by Crippen LogP contribution is 2.29. The molecule has 0 aliphatic carbocycles. The third kappa shape index (κ3) is 11.0. The first-order valence-corrected chi connectivity index (χ1v) is 15.8. The normalized spacial score (nSPS) is 13.6. The number of likely N-dealkylation sites (N-methyl/N-ethyl adjacent to an activating group) is 1. The van der Waals surface area contributed by atoms with Gasteiger partial charge < -0.3 is 24.8 Å². The number of carbonyl (C=O) groups excluding carboxylic acids is 3. The molecule has 2 amide bonds. The van der Waals surface area contributed by atoms with Crippen molar-refractivity contribution in [3.8, 4) is 0 Å². The van der Waals surface area contributed by atoms with Gasteiger partial charge in [0, 0.05) is 26.4 Å². The molecule has 49 heavy (non-hydrogen) atoms. The number of nitrogens with one attached hydrogen (secondary N) is 1. The Hall–Kier alpha value is -4.47. The summed E-state index contributed by atoms with van der Waals surface area (Å²) < 4.78 is 28.3. The van der Waals surface area contributed by atoms with E-state index >= 15 is 0 Å². The van der Waals surface area contributed by atoms with Gasteiger partial charge in [-0.15, -0.1) is 0 Å². The molecule has 2 N–H and O–H groups in total. The largest absolute Gasteiger partial charge is 0.443 e. The highest BCUT2D eigenvalue weighted by atomic mass is 19.1. The first kappa shape index (κ1) is 39.0. The number of hydrogen-bond acceptors (Lipinski definition) is 10. The van der Waals surface area contributed by atoms with Crippen LogP contribution in [-0.4, -0.2) is 98.5 Å². The van der Waals surface area contributed by atoms with Crippen LogP contribution in [-0.2, 0) is 32.0 Å². The molecular weight excluding hydrogens is 637 g/mol. The van der Waals surface area contributed by atoms with E-state index in [4.69, 9.17) is 9.47 Å². The molecule has 3 rings (SSSR count). The minimum Gasteiger partial charge on any atom is -0.443 e. The van der Waals surface area contributed by atoms with Gasteiger partial charge in [0.15, 0.2) is 0 Å². The van der Waals surface area contributed by atoms with Gasteiger partial charge in [0.1, 0.15) is 35.6 Å². The SMILES string of the molecule is CN(C)C(=O)/C=C/CC[C@H](OC(O)N(C)C)C(=O)Nc1ccnn(Cc2nc3c(CC(C)(C)C)cc(F)cc3n2C(=O)OC(C)(C)C)c1=O. The molecule has 0 fully saturated rings. The number of aliphatic hydroxyl groups is 1. The number of amides is 2. The highest BCUT2D eigenvalue weighted by molar-refractivity contribution is 5.94. The summed E-state index contributed by atoms with van der Waals surface area (Å²) in [6.07, 6.45) is 1.61. The Kier molecular flexibility index (Phi) is 12.6. The summed E-state index contributed by atoms with van der Waals surface area (Å²) >= 11 is 0. The minimum absolute atomic E-state index is 0.0671. The van der Waals surface area contributed by atoms with Crippen LogP contribution >= 0.6 is 0 Å². The Morgan fingerprint density at radius 1 is 1.10 bits per heavy atom. The van der Waals surface area contributed by atoms with Crippen molar-refractivity contribution in [1.82, 2.24) is 29.1 Å². The number of imidazole rings is 1. The van der Waals surface area contributed by atoms with Gasteiger partial charge in [0.25, 0.3) is 11.5 Å². The zero-order valence-corrected chi connectivity index (χ0v) is 29.9. The molecule has 0 aliphatic rings. The molecule has 0 saturated carbocycles. The van der Waals surface area contributed by atoms with Gasteiger partial charge >= 0.3 is 6.09 Å². The summed E-state index contributed by atoms with van der Waals surface area (Å²) in [6.45, 7) is 10.8. The number of carbonyl (C=O) groups is 3. The molecule has 15 heteroatoms. The maximum atomic E-state index is 14.9. The van der Waals surface area contributed by atoms with E-state index in [9.17, 15) is 28.7 Å². The second kappa shape index (κ2) is 15.8. The van der Waals surface area contributed by atoms with E-state index < -0.39 is 41.5 Å². The number of benzene rings is 1. The van der Waals surface area contributed by atoms with Gasteiger partial charge in [-0.05, 0) is 83.3 Å². The highest BCUT2D eigenvalue weighted by Gasteiger charge is 2.28. The third-order valence-corrected chi connectivity index (χ3v) is 6.95. The lowest BCUT2D eigenvalue weighted by atomic mass is 9.87. The molecule has 0 spiro atoms. The number of halogens is 1. The van der Waals surface area contributed by atoms with E-state index in [1.807, 2.05) is 20.8 Å². The molecule has 268 valence electrons. The first-order valence-electron chi connectivity index (χ1n) is 15.8. The van der Waals surface area contributed by atoms with Gasteiger partial charge in [-0.1, -0.05) is 26.8 Å². The van der Waals surface area contributed by atoms with Crippen LogP contribution in [0.25, 0.3) is 11.0 Å². The van der Waals surface area contributed by atoms with Crippen molar-refractivity contribution in [3.63, 3.8) is 0 Å². The molecule has 2 aromatic heterocycles. The lowest BCUT2D eigenvalue weighted by Crippen LogP contribution is -2.40. The molecule has 3 aromatic rings. The summed E-state index contributed by atoms with van der Waals surface area (Å²) in [5.74, 6) is -1.44. The predicted molar refractivity (Wildman–Crippen MR) is 182 cm³/mol. The van der Waals surface area contributed by atoms with Gasteiger partial charge in [-0.3, -0.25) is 19.3 Å². The van der Waals surface area contributed by atoms with E-state index in [0.717, 1.165) is 9.25 Å². The van der Waals surface area contributed by atoms with Crippen LogP contribution in [0.1, 0.15) is 65.8 Å². The van der Waals surface area contributed by atoms with Crippen molar-refractivity contribution in [2.45, 2.75) is 85.5 Å². The number of ether oxygens (including phenoxy) is 2. The number of allylic oxidation sites excluding steroid dienone is 1. The Morgan fingerprint density at radius 2 is 1.78 bits per heavy atom. The van der Waals surface area contributed by atoms with Crippen molar-refractivity contribution in [3.05, 3.63) is 64.1 Å². The van der Waals surface area contributed by atoms with Crippen LogP contribution in [0.5, 0.6) is 0 Å². The Balaban J connectivity index is 2.00. The Morgan fingerprint density at radius 3 is 2.37 bits per heavy atom. The third-order valence-electron chi connectivity index (χ3n) is 6.95. The first-order chi connectivity index (χ1) is 22.7. The number of nitrogens with zero attached hydrogens (tertiary/aromatic N) is 6. The van der Waals surface area contributed by atoms with E-state index in [1.165, 1.54) is 40.3 Å². The van der Waals surface area contributed by atoms with Gasteiger partial charge in [-0.2, -0.15) is 5.10 Å². The molecule has 0 bridgehead atoms. The monoisotopic (exact) mass is 685 g/mol. The van der Waals surface area contributed by atoms with E-state index in [0.29, 0.717) is 17.5 Å². The molecule has 2 heterocycles. The van der Waals surface area contributed by atoms with Crippen molar-refractivity contribution >= 4 is 34.6 Å². The fraction of sp³-hybridized carbons (Fsp3) is 0.529. The summed E-state index contributed by atoms with van der Waals surface area (Å²) in [5, 5.41) is 17.0. The van der Waals surface area contributed by atoms with Gasteiger partial charge in [-0.25, -0.2) is 23.4 Å². The number of aromatic nitrogens is 4. The van der Waals surface area contributed by atoms with Crippen molar-refractivity contribution in [2.75, 3.05) is 33.5 Å². The lowest BCUT2D eigenvalue weighted by Gasteiger charge is -2.24. The summed E-state index contributed by atoms with van der Waals surface area (Å²) in [4.78, 5) is 59.8. The number of fused-ring (bicyclic) bond motifs is 1. The molecule has 14 nitrogen and oxygen atoms in total. The quantitative estimate of drug-likeness (QED) is 0.212. The number of anilines is 1. The second-order valence-corrected chi connectivity index (χ2v) is 14.3. The van der Waals surface area contributed by atoms with Crippen molar-refractivity contribution in [2.24, 2.45) is 5.41 Å². The van der Waals surface area contributed by atoms with Crippen molar-refractivity contribution in [1.29, 1.82) is 0 Å². The molecule has 0 saturated heterocycles. The van der Waals surface area contributed by atoms with E-state index in [-0.39, 0.29) is 47.7 Å². The van der Waals surface area contributed by atoms with Gasteiger partial charge in [0.2, 0.25) is 12.3 Å². The summed E-state index contributed by atoms with van der Waals surface area (Å²) in [6, 6.07) is 3.88. The number of rotatable bonds is 12. The summed E-state index contributed by atoms with van der Waals surface area (Å²) in [5.41, 5.74) is -0.834. The van der Waals surface area contributed by atoms with Crippen LogP contribution in [0.3, 0.4) is 0 Å². The molecule has 1 unspecified atom stereocenters. The van der Waals surface area contributed by atoms with Crippen LogP contribution in [0.4, 0.5) is 14.9 Å². The zero-order chi connectivity index (χ0) is 36.8. The average Bonchev–Trinajstić information content (AvgIpc) is 3.32. The maximum Gasteiger partial charge on any atom is 0.420 e. The van der Waals surface area contributed by atoms with E-state index in [1.54, 1.807) is 55.0 Å². The predicted octanol–water partition coefficient (Wildman–Crippen LogP) is 3.74. The van der Waals surface area contributed by atoms with E-state index in [2.05, 4.69) is 15.4 Å². The standard InChI is InChI=1S/C34H48FN7O7/c1-33(2,3)19-21-17-22(35)18-24-28(21)38-26(42(24)32(47)49-34(4,5)6)20-41-30(45)23(15-16-36-41)37-29(44)25(48-31(46)40(9)10)13-11-12-14-27(43)39(7)8/h12,14-18,25,31,46H,11,13,19-20H2,1-10H3,(H,37,44)/b14-12+/t25-,31?/m0/s1. The molecule has 0 aliphatic heterocycles. The number of hydrogen-bond donors (Lipinski definition) is 2. The summed E-state index contributed by atoms with van der Waals surface area (Å²) in [7, 11) is 6.33. The van der Waals surface area contributed by atoms with Crippen LogP contribution in [0, 0.1) is 11.2 Å². The fourth-order valence-electron chi connectivity index (χ4n) is 4.70. The zero-order valence-electron chi connectivity index (χ0n) is 29.9. The smallest absolute Gasteiger partial charge is 0.420 e. The Labute approximate surface area is 285 Å². The lowest BCUT2D eigenvalue weighted by molar-refractivity contribution is -0.204. The van der Waals surface area contributed by atoms with Crippen LogP contribution < -0.4 is 10.9 Å². The van der Waals surface area contributed by atoms with Gasteiger partial charge in [0.05, 0.1) is 11.0 Å². The number of aliphatic hydroxyl groups excluding tert-OH is 1. The minimum atomic E-state index is -1.42. The second-order valence-electron chi connectivity index (χ2n) is 14.3.